The minimum atomic E-state index is 0.161. The largest absolute Gasteiger partial charge is 0.339 e. The number of hydrogen-bond donors (Lipinski definition) is 1. The van der Waals surface area contributed by atoms with E-state index in [1.54, 1.807) is 0 Å². The van der Waals surface area contributed by atoms with Crippen LogP contribution in [-0.4, -0.2) is 34.2 Å². The highest BCUT2D eigenvalue weighted by atomic mass is 16.5. The van der Waals surface area contributed by atoms with E-state index in [4.69, 9.17) is 10.3 Å². The minimum absolute atomic E-state index is 0.161. The smallest absolute Gasteiger partial charge is 0.226 e. The van der Waals surface area contributed by atoms with Crippen LogP contribution in [0.3, 0.4) is 0 Å². The summed E-state index contributed by atoms with van der Waals surface area (Å²) in [5, 5.41) is 4.04. The average molecular weight is 252 g/mol. The van der Waals surface area contributed by atoms with Gasteiger partial charge >= 0.3 is 0 Å². The van der Waals surface area contributed by atoms with Gasteiger partial charge in [0, 0.05) is 25.6 Å². The summed E-state index contributed by atoms with van der Waals surface area (Å²) in [5.41, 5.74) is 6.30. The monoisotopic (exact) mass is 252 g/mol. The number of likely N-dealkylation sites (tertiary alicyclic amines) is 1. The van der Waals surface area contributed by atoms with Gasteiger partial charge in [-0.2, -0.15) is 4.98 Å². The number of rotatable bonds is 4. The maximum atomic E-state index is 6.14. The molecule has 2 rings (SSSR count). The molecule has 102 valence electrons. The zero-order chi connectivity index (χ0) is 13.2. The van der Waals surface area contributed by atoms with Crippen LogP contribution in [0.4, 0.5) is 0 Å². The van der Waals surface area contributed by atoms with Gasteiger partial charge in [0.15, 0.2) is 5.82 Å². The van der Waals surface area contributed by atoms with Crippen LogP contribution in [0, 0.1) is 5.41 Å². The molecular formula is C13H24N4O. The fourth-order valence-corrected chi connectivity index (χ4v) is 2.49. The summed E-state index contributed by atoms with van der Waals surface area (Å²) in [6.07, 6.45) is 2.93. The number of aromatic nitrogens is 2. The first-order chi connectivity index (χ1) is 8.51. The van der Waals surface area contributed by atoms with E-state index in [1.807, 2.05) is 0 Å². The van der Waals surface area contributed by atoms with Crippen molar-refractivity contribution in [1.29, 1.82) is 0 Å². The van der Waals surface area contributed by atoms with Gasteiger partial charge in [-0.1, -0.05) is 25.9 Å². The molecule has 1 aliphatic heterocycles. The lowest BCUT2D eigenvalue weighted by atomic mass is 9.80. The lowest BCUT2D eigenvalue weighted by molar-refractivity contribution is 0.0872. The maximum absolute atomic E-state index is 6.14. The molecule has 1 aromatic heterocycles. The third-order valence-corrected chi connectivity index (χ3v) is 3.73. The van der Waals surface area contributed by atoms with Crippen LogP contribution in [0.2, 0.25) is 0 Å². The van der Waals surface area contributed by atoms with Crippen LogP contribution in [0.1, 0.15) is 45.3 Å². The highest BCUT2D eigenvalue weighted by molar-refractivity contribution is 4.93. The molecule has 0 radical (unpaired) electrons. The van der Waals surface area contributed by atoms with Crippen molar-refractivity contribution in [2.24, 2.45) is 11.1 Å². The Balaban J connectivity index is 1.93. The predicted octanol–water partition coefficient (Wildman–Crippen LogP) is 1.58. The summed E-state index contributed by atoms with van der Waals surface area (Å²) < 4.78 is 5.21. The minimum Gasteiger partial charge on any atom is -0.339 e. The van der Waals surface area contributed by atoms with Gasteiger partial charge in [-0.3, -0.25) is 4.90 Å². The molecule has 1 fully saturated rings. The third-order valence-electron chi connectivity index (χ3n) is 3.73. The van der Waals surface area contributed by atoms with Gasteiger partial charge in [-0.15, -0.1) is 0 Å². The summed E-state index contributed by atoms with van der Waals surface area (Å²) in [6, 6.07) is 0.287. The van der Waals surface area contributed by atoms with E-state index in [2.05, 4.69) is 35.8 Å². The lowest BCUT2D eigenvalue weighted by Crippen LogP contribution is -2.52. The van der Waals surface area contributed by atoms with Gasteiger partial charge in [-0.05, 0) is 18.3 Å². The second kappa shape index (κ2) is 5.36. The summed E-state index contributed by atoms with van der Waals surface area (Å²) in [7, 11) is 0. The maximum Gasteiger partial charge on any atom is 0.226 e. The number of nitrogens with zero attached hydrogens (tertiary/aromatic N) is 3. The number of aryl methyl sites for hydroxylation is 1. The Morgan fingerprint density at radius 2 is 2.28 bits per heavy atom. The Kier molecular flexibility index (Phi) is 4.02. The van der Waals surface area contributed by atoms with E-state index in [0.717, 1.165) is 50.6 Å². The van der Waals surface area contributed by atoms with Gasteiger partial charge < -0.3 is 10.3 Å². The molecule has 1 saturated heterocycles. The lowest BCUT2D eigenvalue weighted by Gasteiger charge is -2.42. The van der Waals surface area contributed by atoms with Crippen LogP contribution in [0.25, 0.3) is 0 Å². The highest BCUT2D eigenvalue weighted by Crippen LogP contribution is 2.28. The van der Waals surface area contributed by atoms with Crippen LogP contribution < -0.4 is 5.73 Å². The second-order valence-electron chi connectivity index (χ2n) is 5.95. The van der Waals surface area contributed by atoms with Gasteiger partial charge in [0.05, 0.1) is 6.54 Å². The fraction of sp³-hybridized carbons (Fsp3) is 0.846. The average Bonchev–Trinajstić information content (AvgIpc) is 2.71. The molecule has 1 aliphatic rings. The first kappa shape index (κ1) is 13.5. The molecule has 1 aromatic rings. The summed E-state index contributed by atoms with van der Waals surface area (Å²) in [6.45, 7) is 9.33. The van der Waals surface area contributed by atoms with Crippen molar-refractivity contribution in [3.8, 4) is 0 Å². The molecule has 5 nitrogen and oxygen atoms in total. The Hall–Kier alpha value is -0.940. The Labute approximate surface area is 109 Å². The van der Waals surface area contributed by atoms with Gasteiger partial charge in [0.2, 0.25) is 5.89 Å². The van der Waals surface area contributed by atoms with Crippen molar-refractivity contribution in [3.63, 3.8) is 0 Å². The van der Waals surface area contributed by atoms with Crippen molar-refractivity contribution < 1.29 is 4.52 Å². The van der Waals surface area contributed by atoms with Crippen molar-refractivity contribution in [2.45, 2.75) is 52.6 Å². The molecule has 0 spiro atoms. The number of nitrogens with two attached hydrogens (primary N) is 1. The van der Waals surface area contributed by atoms with E-state index in [1.165, 1.54) is 0 Å². The van der Waals surface area contributed by atoms with Crippen molar-refractivity contribution in [2.75, 3.05) is 13.1 Å². The van der Waals surface area contributed by atoms with Crippen molar-refractivity contribution in [3.05, 3.63) is 11.7 Å². The van der Waals surface area contributed by atoms with E-state index in [0.29, 0.717) is 0 Å². The van der Waals surface area contributed by atoms with Crippen LogP contribution in [0.5, 0.6) is 0 Å². The quantitative estimate of drug-likeness (QED) is 0.881. The van der Waals surface area contributed by atoms with E-state index >= 15 is 0 Å². The first-order valence-corrected chi connectivity index (χ1v) is 6.80. The van der Waals surface area contributed by atoms with E-state index in [-0.39, 0.29) is 11.5 Å². The van der Waals surface area contributed by atoms with Gasteiger partial charge in [-0.25, -0.2) is 0 Å². The molecule has 0 amide bonds. The normalized spacial score (nSPS) is 24.3. The Bertz CT molecular complexity index is 388. The molecule has 5 heteroatoms. The molecule has 0 bridgehead atoms. The zero-order valence-corrected chi connectivity index (χ0v) is 11.6. The predicted molar refractivity (Wildman–Crippen MR) is 69.9 cm³/mol. The second-order valence-corrected chi connectivity index (χ2v) is 5.95. The molecule has 0 saturated carbocycles. The van der Waals surface area contributed by atoms with Crippen LogP contribution >= 0.6 is 0 Å². The molecule has 18 heavy (non-hydrogen) atoms. The van der Waals surface area contributed by atoms with E-state index < -0.39 is 0 Å². The van der Waals surface area contributed by atoms with Gasteiger partial charge in [0.25, 0.3) is 0 Å². The zero-order valence-electron chi connectivity index (χ0n) is 11.6. The Morgan fingerprint density at radius 3 is 2.94 bits per heavy atom. The number of hydrogen-bond acceptors (Lipinski definition) is 5. The molecule has 1 unspecified atom stereocenters. The van der Waals surface area contributed by atoms with Crippen LogP contribution in [-0.2, 0) is 13.0 Å². The first-order valence-electron chi connectivity index (χ1n) is 6.80. The Morgan fingerprint density at radius 1 is 1.50 bits per heavy atom. The summed E-state index contributed by atoms with van der Waals surface area (Å²) in [4.78, 5) is 6.78. The molecule has 2 N–H and O–H groups in total. The van der Waals surface area contributed by atoms with E-state index in [9.17, 15) is 0 Å². The molecule has 2 heterocycles. The third kappa shape index (κ3) is 3.09. The van der Waals surface area contributed by atoms with Gasteiger partial charge in [0.1, 0.15) is 0 Å². The topological polar surface area (TPSA) is 68.2 Å². The molecule has 0 aliphatic carbocycles. The summed E-state index contributed by atoms with van der Waals surface area (Å²) >= 11 is 0. The fourth-order valence-electron chi connectivity index (χ4n) is 2.49. The molecule has 0 aromatic carbocycles. The van der Waals surface area contributed by atoms with Crippen molar-refractivity contribution >= 4 is 0 Å². The highest BCUT2D eigenvalue weighted by Gasteiger charge is 2.33. The number of piperidine rings is 1. The standard InChI is InChI=1S/C13H24N4O/c1-4-5-12-15-11(16-18-12)8-17-7-6-10(14)13(2,3)9-17/h10H,4-9,14H2,1-3H3. The van der Waals surface area contributed by atoms with Crippen LogP contribution in [0.15, 0.2) is 4.52 Å². The SMILES string of the molecule is CCCc1nc(CN2CCC(N)C(C)(C)C2)no1. The molecular weight excluding hydrogens is 228 g/mol. The summed E-state index contributed by atoms with van der Waals surface area (Å²) in [5.74, 6) is 1.55. The van der Waals surface area contributed by atoms with Crippen molar-refractivity contribution in [1.82, 2.24) is 15.0 Å². The molecule has 1 atom stereocenters.